The molecule has 0 spiro atoms. The SMILES string of the molecule is C=C/C(N)=C\C1=CCCC=C1C. The van der Waals surface area contributed by atoms with Gasteiger partial charge in [-0.3, -0.25) is 0 Å². The van der Waals surface area contributed by atoms with E-state index in [1.54, 1.807) is 6.08 Å². The second-order valence-corrected chi connectivity index (χ2v) is 2.97. The predicted molar refractivity (Wildman–Crippen MR) is 53.5 cm³/mol. The Morgan fingerprint density at radius 2 is 2.17 bits per heavy atom. The maximum Gasteiger partial charge on any atom is 0.0314 e. The maximum atomic E-state index is 5.64. The highest BCUT2D eigenvalue weighted by Crippen LogP contribution is 2.19. The quantitative estimate of drug-likeness (QED) is 0.619. The molecule has 0 atom stereocenters. The highest BCUT2D eigenvalue weighted by atomic mass is 14.5. The van der Waals surface area contributed by atoms with Gasteiger partial charge in [0.15, 0.2) is 0 Å². The van der Waals surface area contributed by atoms with Crippen LogP contribution in [0.2, 0.25) is 0 Å². The van der Waals surface area contributed by atoms with E-state index < -0.39 is 0 Å². The molecular weight excluding hydrogens is 146 g/mol. The van der Waals surface area contributed by atoms with E-state index in [4.69, 9.17) is 5.73 Å². The fraction of sp³-hybridized carbons (Fsp3) is 0.273. The van der Waals surface area contributed by atoms with Crippen molar-refractivity contribution in [2.45, 2.75) is 19.8 Å². The molecule has 1 heteroatoms. The average Bonchev–Trinajstić information content (AvgIpc) is 2.09. The van der Waals surface area contributed by atoms with Gasteiger partial charge in [-0.15, -0.1) is 0 Å². The zero-order valence-corrected chi connectivity index (χ0v) is 7.51. The first-order valence-corrected chi connectivity index (χ1v) is 4.21. The Hall–Kier alpha value is -1.24. The Kier molecular flexibility index (Phi) is 2.92. The number of rotatable bonds is 2. The molecular formula is C11H15N. The minimum absolute atomic E-state index is 0.732. The van der Waals surface area contributed by atoms with E-state index in [1.807, 2.05) is 6.08 Å². The van der Waals surface area contributed by atoms with Gasteiger partial charge in [-0.1, -0.05) is 18.7 Å². The molecule has 0 amide bonds. The first-order valence-electron chi connectivity index (χ1n) is 4.21. The zero-order chi connectivity index (χ0) is 8.97. The number of allylic oxidation sites excluding steroid dienone is 6. The van der Waals surface area contributed by atoms with Crippen LogP contribution in [0.15, 0.2) is 47.7 Å². The Morgan fingerprint density at radius 3 is 2.75 bits per heavy atom. The number of hydrogen-bond donors (Lipinski definition) is 1. The van der Waals surface area contributed by atoms with Crippen molar-refractivity contribution >= 4 is 0 Å². The molecule has 0 heterocycles. The molecule has 0 saturated carbocycles. The smallest absolute Gasteiger partial charge is 0.0314 e. The van der Waals surface area contributed by atoms with Gasteiger partial charge in [0.25, 0.3) is 0 Å². The van der Waals surface area contributed by atoms with Gasteiger partial charge in [0.05, 0.1) is 0 Å². The fourth-order valence-electron chi connectivity index (χ4n) is 1.23. The Labute approximate surface area is 74.0 Å². The molecule has 0 saturated heterocycles. The van der Waals surface area contributed by atoms with E-state index >= 15 is 0 Å². The summed E-state index contributed by atoms with van der Waals surface area (Å²) in [6.45, 7) is 5.72. The molecule has 64 valence electrons. The molecule has 0 aliphatic heterocycles. The van der Waals surface area contributed by atoms with E-state index in [9.17, 15) is 0 Å². The van der Waals surface area contributed by atoms with Crippen molar-refractivity contribution in [3.05, 3.63) is 47.7 Å². The van der Waals surface area contributed by atoms with Crippen LogP contribution in [0.1, 0.15) is 19.8 Å². The van der Waals surface area contributed by atoms with Crippen LogP contribution in [0.4, 0.5) is 0 Å². The Balaban J connectivity index is 2.82. The molecule has 1 aliphatic carbocycles. The first-order chi connectivity index (χ1) is 5.74. The van der Waals surface area contributed by atoms with Gasteiger partial charge in [-0.05, 0) is 43.1 Å². The molecule has 1 aliphatic rings. The third-order valence-electron chi connectivity index (χ3n) is 1.99. The maximum absolute atomic E-state index is 5.64. The molecule has 1 nitrogen and oxygen atoms in total. The van der Waals surface area contributed by atoms with Crippen LogP contribution >= 0.6 is 0 Å². The minimum atomic E-state index is 0.732. The van der Waals surface area contributed by atoms with Gasteiger partial charge in [-0.25, -0.2) is 0 Å². The summed E-state index contributed by atoms with van der Waals surface area (Å²) in [5.41, 5.74) is 8.92. The highest BCUT2D eigenvalue weighted by Gasteiger charge is 2.00. The lowest BCUT2D eigenvalue weighted by atomic mass is 9.98. The second-order valence-electron chi connectivity index (χ2n) is 2.97. The van der Waals surface area contributed by atoms with Gasteiger partial charge < -0.3 is 5.73 Å². The van der Waals surface area contributed by atoms with Crippen LogP contribution in [0, 0.1) is 0 Å². The molecule has 0 bridgehead atoms. The number of nitrogens with two attached hydrogens (primary N) is 1. The van der Waals surface area contributed by atoms with Crippen molar-refractivity contribution in [1.82, 2.24) is 0 Å². The summed E-state index contributed by atoms with van der Waals surface area (Å²) in [7, 11) is 0. The third kappa shape index (κ3) is 2.12. The lowest BCUT2D eigenvalue weighted by molar-refractivity contribution is 1.000. The molecule has 0 aromatic carbocycles. The van der Waals surface area contributed by atoms with E-state index in [1.165, 1.54) is 11.1 Å². The third-order valence-corrected chi connectivity index (χ3v) is 1.99. The Morgan fingerprint density at radius 1 is 1.50 bits per heavy atom. The predicted octanol–water partition coefficient (Wildman–Crippen LogP) is 2.68. The van der Waals surface area contributed by atoms with Crippen LogP contribution in [0.5, 0.6) is 0 Å². The summed E-state index contributed by atoms with van der Waals surface area (Å²) < 4.78 is 0. The van der Waals surface area contributed by atoms with Crippen LogP contribution in [-0.2, 0) is 0 Å². The summed E-state index contributed by atoms with van der Waals surface area (Å²) >= 11 is 0. The fourth-order valence-corrected chi connectivity index (χ4v) is 1.23. The van der Waals surface area contributed by atoms with E-state index in [-0.39, 0.29) is 0 Å². The molecule has 0 aromatic rings. The van der Waals surface area contributed by atoms with Crippen molar-refractivity contribution in [3.63, 3.8) is 0 Å². The Bertz CT molecular complexity index is 267. The second kappa shape index (κ2) is 3.96. The molecule has 0 fully saturated rings. The van der Waals surface area contributed by atoms with E-state index in [2.05, 4.69) is 25.7 Å². The van der Waals surface area contributed by atoms with Crippen LogP contribution in [0.3, 0.4) is 0 Å². The molecule has 0 radical (unpaired) electrons. The summed E-state index contributed by atoms with van der Waals surface area (Å²) in [5, 5.41) is 0. The summed E-state index contributed by atoms with van der Waals surface area (Å²) in [6.07, 6.45) is 10.4. The van der Waals surface area contributed by atoms with Crippen molar-refractivity contribution in [2.24, 2.45) is 5.73 Å². The largest absolute Gasteiger partial charge is 0.399 e. The van der Waals surface area contributed by atoms with Gasteiger partial charge in [0.1, 0.15) is 0 Å². The molecule has 0 aromatic heterocycles. The van der Waals surface area contributed by atoms with E-state index in [0.29, 0.717) is 0 Å². The number of hydrogen-bond acceptors (Lipinski definition) is 1. The van der Waals surface area contributed by atoms with Crippen LogP contribution < -0.4 is 5.73 Å². The minimum Gasteiger partial charge on any atom is -0.399 e. The average molecular weight is 161 g/mol. The molecule has 0 unspecified atom stereocenters. The van der Waals surface area contributed by atoms with Crippen molar-refractivity contribution < 1.29 is 0 Å². The standard InChI is InChI=1S/C11H15N/c1-3-11(12)8-10-7-5-4-6-9(10)2/h3,6-8H,1,4-5,12H2,2H3/b11-8+. The van der Waals surface area contributed by atoms with Gasteiger partial charge in [0.2, 0.25) is 0 Å². The topological polar surface area (TPSA) is 26.0 Å². The lowest BCUT2D eigenvalue weighted by Gasteiger charge is -2.08. The first kappa shape index (κ1) is 8.85. The summed E-state index contributed by atoms with van der Waals surface area (Å²) in [4.78, 5) is 0. The van der Waals surface area contributed by atoms with Gasteiger partial charge in [0, 0.05) is 5.70 Å². The van der Waals surface area contributed by atoms with Crippen molar-refractivity contribution in [2.75, 3.05) is 0 Å². The summed E-state index contributed by atoms with van der Waals surface area (Å²) in [6, 6.07) is 0. The normalized spacial score (nSPS) is 18.2. The van der Waals surface area contributed by atoms with Crippen LogP contribution in [-0.4, -0.2) is 0 Å². The lowest BCUT2D eigenvalue weighted by Crippen LogP contribution is -1.96. The van der Waals surface area contributed by atoms with Gasteiger partial charge >= 0.3 is 0 Å². The molecule has 2 N–H and O–H groups in total. The summed E-state index contributed by atoms with van der Waals surface area (Å²) in [5.74, 6) is 0. The van der Waals surface area contributed by atoms with E-state index in [0.717, 1.165) is 18.5 Å². The zero-order valence-electron chi connectivity index (χ0n) is 7.51. The monoisotopic (exact) mass is 161 g/mol. The van der Waals surface area contributed by atoms with Crippen molar-refractivity contribution in [1.29, 1.82) is 0 Å². The van der Waals surface area contributed by atoms with Crippen molar-refractivity contribution in [3.8, 4) is 0 Å². The van der Waals surface area contributed by atoms with Gasteiger partial charge in [-0.2, -0.15) is 0 Å². The highest BCUT2D eigenvalue weighted by molar-refractivity contribution is 5.43. The van der Waals surface area contributed by atoms with Crippen LogP contribution in [0.25, 0.3) is 0 Å². The molecule has 12 heavy (non-hydrogen) atoms. The molecule has 1 rings (SSSR count).